The number of anilines is 1. The van der Waals surface area contributed by atoms with Gasteiger partial charge in [0, 0.05) is 18.3 Å². The number of nitrogens with zero attached hydrogens (tertiary/aromatic N) is 1. The van der Waals surface area contributed by atoms with Gasteiger partial charge in [0.1, 0.15) is 10.8 Å². The molecule has 2 aromatic rings. The number of halogens is 2. The van der Waals surface area contributed by atoms with Crippen LogP contribution in [-0.4, -0.2) is 17.4 Å². The molecule has 0 spiro atoms. The van der Waals surface area contributed by atoms with E-state index >= 15 is 0 Å². The van der Waals surface area contributed by atoms with Crippen LogP contribution in [0.15, 0.2) is 42.5 Å². The average molecular weight is 338 g/mol. The summed E-state index contributed by atoms with van der Waals surface area (Å²) in [6.07, 6.45) is 0. The maximum absolute atomic E-state index is 12.8. The molecule has 0 atom stereocenters. The second kappa shape index (κ2) is 7.66. The van der Waals surface area contributed by atoms with Crippen molar-refractivity contribution in [2.24, 2.45) is 0 Å². The van der Waals surface area contributed by atoms with E-state index in [9.17, 15) is 19.3 Å². The maximum Gasteiger partial charge on any atom is 0.289 e. The zero-order chi connectivity index (χ0) is 16.8. The highest BCUT2D eigenvalue weighted by Crippen LogP contribution is 2.27. The molecular weight excluding hydrogens is 325 g/mol. The zero-order valence-electron chi connectivity index (χ0n) is 11.9. The first-order valence-corrected chi connectivity index (χ1v) is 7.02. The number of hydrogen-bond donors (Lipinski definition) is 2. The summed E-state index contributed by atoms with van der Waals surface area (Å²) < 4.78 is 12.8. The minimum absolute atomic E-state index is 0.00225. The van der Waals surface area contributed by atoms with Gasteiger partial charge < -0.3 is 10.6 Å². The number of nitro benzene ring substituents is 1. The molecule has 2 aromatic carbocycles. The van der Waals surface area contributed by atoms with Gasteiger partial charge in [0.2, 0.25) is 5.91 Å². The average Bonchev–Trinajstić information content (AvgIpc) is 2.51. The second-order valence-corrected chi connectivity index (χ2v) is 5.11. The third-order valence-electron chi connectivity index (χ3n) is 2.95. The topological polar surface area (TPSA) is 84.3 Å². The Morgan fingerprint density at radius 1 is 1.22 bits per heavy atom. The number of nitro groups is 1. The SMILES string of the molecule is O=C(CNCc1ccc(F)cc1)Nc1ccc(Cl)c([N+](=O)[O-])c1. The van der Waals surface area contributed by atoms with Crippen LogP contribution in [0.3, 0.4) is 0 Å². The van der Waals surface area contributed by atoms with Crippen molar-refractivity contribution in [2.45, 2.75) is 6.54 Å². The summed E-state index contributed by atoms with van der Waals surface area (Å²) in [5.41, 5.74) is 0.847. The quantitative estimate of drug-likeness (QED) is 0.626. The second-order valence-electron chi connectivity index (χ2n) is 4.70. The fraction of sp³-hybridized carbons (Fsp3) is 0.133. The van der Waals surface area contributed by atoms with E-state index in [2.05, 4.69) is 10.6 Å². The predicted octanol–water partition coefficient (Wildman–Crippen LogP) is 3.12. The number of amides is 1. The molecule has 2 N–H and O–H groups in total. The Morgan fingerprint density at radius 2 is 1.91 bits per heavy atom. The van der Waals surface area contributed by atoms with E-state index in [0.717, 1.165) is 5.56 Å². The van der Waals surface area contributed by atoms with Crippen LogP contribution in [0.1, 0.15) is 5.56 Å². The van der Waals surface area contributed by atoms with Gasteiger partial charge in [-0.1, -0.05) is 23.7 Å². The molecule has 8 heteroatoms. The summed E-state index contributed by atoms with van der Waals surface area (Å²) in [7, 11) is 0. The lowest BCUT2D eigenvalue weighted by Crippen LogP contribution is -2.27. The molecule has 0 heterocycles. The van der Waals surface area contributed by atoms with Gasteiger partial charge in [-0.05, 0) is 29.8 Å². The number of carbonyl (C=O) groups excluding carboxylic acids is 1. The zero-order valence-corrected chi connectivity index (χ0v) is 12.6. The van der Waals surface area contributed by atoms with Crippen molar-refractivity contribution < 1.29 is 14.1 Å². The molecule has 6 nitrogen and oxygen atoms in total. The van der Waals surface area contributed by atoms with Crippen LogP contribution in [0.2, 0.25) is 5.02 Å². The maximum atomic E-state index is 12.8. The summed E-state index contributed by atoms with van der Waals surface area (Å²) in [5, 5.41) is 16.2. The minimum Gasteiger partial charge on any atom is -0.325 e. The van der Waals surface area contributed by atoms with Gasteiger partial charge in [-0.2, -0.15) is 0 Å². The number of benzene rings is 2. The largest absolute Gasteiger partial charge is 0.325 e. The van der Waals surface area contributed by atoms with Crippen LogP contribution in [0, 0.1) is 15.9 Å². The van der Waals surface area contributed by atoms with E-state index in [4.69, 9.17) is 11.6 Å². The first-order valence-electron chi connectivity index (χ1n) is 6.64. The minimum atomic E-state index is -0.620. The normalized spacial score (nSPS) is 10.3. The summed E-state index contributed by atoms with van der Waals surface area (Å²) in [6.45, 7) is 0.405. The van der Waals surface area contributed by atoms with Crippen LogP contribution in [-0.2, 0) is 11.3 Å². The number of carbonyl (C=O) groups is 1. The summed E-state index contributed by atoms with van der Waals surface area (Å²) in [4.78, 5) is 21.9. The van der Waals surface area contributed by atoms with Crippen molar-refractivity contribution in [2.75, 3.05) is 11.9 Å². The molecule has 0 aliphatic rings. The van der Waals surface area contributed by atoms with Gasteiger partial charge >= 0.3 is 0 Å². The van der Waals surface area contributed by atoms with Crippen molar-refractivity contribution in [3.8, 4) is 0 Å². The Labute approximate surface area is 136 Å². The Bertz CT molecular complexity index is 722. The molecule has 0 saturated carbocycles. The van der Waals surface area contributed by atoms with Crippen LogP contribution < -0.4 is 10.6 Å². The van der Waals surface area contributed by atoms with E-state index in [1.807, 2.05) is 0 Å². The van der Waals surface area contributed by atoms with E-state index in [-0.39, 0.29) is 34.7 Å². The standard InChI is InChI=1S/C15H13ClFN3O3/c16-13-6-5-12(7-14(13)20(22)23)19-15(21)9-18-8-10-1-3-11(17)4-2-10/h1-7,18H,8-9H2,(H,19,21). The Hall–Kier alpha value is -2.51. The molecule has 0 aliphatic carbocycles. The molecule has 0 fully saturated rings. The van der Waals surface area contributed by atoms with Gasteiger partial charge in [-0.25, -0.2) is 4.39 Å². The van der Waals surface area contributed by atoms with E-state index < -0.39 is 4.92 Å². The lowest BCUT2D eigenvalue weighted by Gasteiger charge is -2.07. The van der Waals surface area contributed by atoms with Crippen molar-refractivity contribution >= 4 is 28.9 Å². The Balaban J connectivity index is 1.86. The molecule has 0 bridgehead atoms. The van der Waals surface area contributed by atoms with Crippen molar-refractivity contribution in [3.05, 3.63) is 69.0 Å². The highest BCUT2D eigenvalue weighted by molar-refractivity contribution is 6.32. The molecule has 120 valence electrons. The first kappa shape index (κ1) is 16.9. The van der Waals surface area contributed by atoms with Crippen LogP contribution in [0.5, 0.6) is 0 Å². The van der Waals surface area contributed by atoms with Gasteiger partial charge in [-0.3, -0.25) is 14.9 Å². The molecule has 0 unspecified atom stereocenters. The molecular formula is C15H13ClFN3O3. The van der Waals surface area contributed by atoms with Crippen LogP contribution in [0.4, 0.5) is 15.8 Å². The Kier molecular flexibility index (Phi) is 5.61. The predicted molar refractivity (Wildman–Crippen MR) is 84.8 cm³/mol. The van der Waals surface area contributed by atoms with Gasteiger partial charge in [0.05, 0.1) is 11.5 Å². The molecule has 0 aromatic heterocycles. The molecule has 0 radical (unpaired) electrons. The van der Waals surface area contributed by atoms with E-state index in [0.29, 0.717) is 6.54 Å². The highest BCUT2D eigenvalue weighted by atomic mass is 35.5. The molecule has 2 rings (SSSR count). The molecule has 0 saturated heterocycles. The Morgan fingerprint density at radius 3 is 2.57 bits per heavy atom. The number of hydrogen-bond acceptors (Lipinski definition) is 4. The summed E-state index contributed by atoms with van der Waals surface area (Å²) in [6, 6.07) is 9.92. The van der Waals surface area contributed by atoms with Gasteiger partial charge in [-0.15, -0.1) is 0 Å². The van der Waals surface area contributed by atoms with Crippen LogP contribution >= 0.6 is 11.6 Å². The third kappa shape index (κ3) is 5.01. The fourth-order valence-electron chi connectivity index (χ4n) is 1.86. The first-order chi connectivity index (χ1) is 11.0. The summed E-state index contributed by atoms with van der Waals surface area (Å²) >= 11 is 5.70. The highest BCUT2D eigenvalue weighted by Gasteiger charge is 2.13. The molecule has 0 aliphatic heterocycles. The van der Waals surface area contributed by atoms with E-state index in [1.54, 1.807) is 12.1 Å². The third-order valence-corrected chi connectivity index (χ3v) is 3.27. The van der Waals surface area contributed by atoms with E-state index in [1.165, 1.54) is 30.3 Å². The number of rotatable bonds is 6. The molecule has 1 amide bonds. The lowest BCUT2D eigenvalue weighted by atomic mass is 10.2. The molecule has 23 heavy (non-hydrogen) atoms. The monoisotopic (exact) mass is 337 g/mol. The van der Waals surface area contributed by atoms with Crippen molar-refractivity contribution in [3.63, 3.8) is 0 Å². The fourth-order valence-corrected chi connectivity index (χ4v) is 2.04. The summed E-state index contributed by atoms with van der Waals surface area (Å²) in [5.74, 6) is -0.681. The van der Waals surface area contributed by atoms with Crippen molar-refractivity contribution in [1.82, 2.24) is 5.32 Å². The smallest absolute Gasteiger partial charge is 0.289 e. The number of nitrogens with one attached hydrogen (secondary N) is 2. The van der Waals surface area contributed by atoms with Gasteiger partial charge in [0.25, 0.3) is 5.69 Å². The van der Waals surface area contributed by atoms with Crippen molar-refractivity contribution in [1.29, 1.82) is 0 Å². The van der Waals surface area contributed by atoms with Crippen LogP contribution in [0.25, 0.3) is 0 Å². The lowest BCUT2D eigenvalue weighted by molar-refractivity contribution is -0.384. The van der Waals surface area contributed by atoms with Gasteiger partial charge in [0.15, 0.2) is 0 Å².